The van der Waals surface area contributed by atoms with Gasteiger partial charge in [-0.05, 0) is 25.7 Å². The maximum absolute atomic E-state index is 13.5. The van der Waals surface area contributed by atoms with Crippen molar-refractivity contribution in [3.63, 3.8) is 0 Å². The smallest absolute Gasteiger partial charge is 0.404 e. The van der Waals surface area contributed by atoms with Gasteiger partial charge in [-0.15, -0.1) is 0 Å². The summed E-state index contributed by atoms with van der Waals surface area (Å²) in [6, 6.07) is 1.29. The SMILES string of the molecule is O=C(O)N[C@H]1CC[C@H](N2C(=O)CCc3ncc(F)cc32)CC1. The molecule has 0 aromatic carbocycles. The van der Waals surface area contributed by atoms with Crippen LogP contribution < -0.4 is 10.2 Å². The molecule has 118 valence electrons. The Hall–Kier alpha value is -2.18. The number of aromatic nitrogens is 1. The van der Waals surface area contributed by atoms with Crippen LogP contribution in [-0.4, -0.2) is 34.2 Å². The van der Waals surface area contributed by atoms with E-state index in [9.17, 15) is 14.0 Å². The van der Waals surface area contributed by atoms with Crippen LogP contribution in [0.25, 0.3) is 0 Å². The maximum Gasteiger partial charge on any atom is 0.404 e. The quantitative estimate of drug-likeness (QED) is 0.876. The molecule has 2 heterocycles. The van der Waals surface area contributed by atoms with Gasteiger partial charge in [0.05, 0.1) is 17.6 Å². The van der Waals surface area contributed by atoms with Crippen molar-refractivity contribution in [3.05, 3.63) is 23.8 Å². The summed E-state index contributed by atoms with van der Waals surface area (Å²) >= 11 is 0. The van der Waals surface area contributed by atoms with Gasteiger partial charge in [0, 0.05) is 31.0 Å². The lowest BCUT2D eigenvalue weighted by molar-refractivity contribution is -0.119. The number of anilines is 1. The molecular weight excluding hydrogens is 289 g/mol. The number of carboxylic acid groups (broad SMARTS) is 1. The third kappa shape index (κ3) is 2.88. The van der Waals surface area contributed by atoms with Gasteiger partial charge >= 0.3 is 6.09 Å². The number of aryl methyl sites for hydroxylation is 1. The highest BCUT2D eigenvalue weighted by molar-refractivity contribution is 5.96. The summed E-state index contributed by atoms with van der Waals surface area (Å²) < 4.78 is 13.5. The first-order valence-electron chi connectivity index (χ1n) is 7.50. The van der Waals surface area contributed by atoms with Crippen LogP contribution >= 0.6 is 0 Å². The molecule has 1 aliphatic carbocycles. The fraction of sp³-hybridized carbons (Fsp3) is 0.533. The second kappa shape index (κ2) is 5.90. The molecule has 1 aromatic rings. The number of hydrogen-bond acceptors (Lipinski definition) is 3. The first-order valence-corrected chi connectivity index (χ1v) is 7.50. The van der Waals surface area contributed by atoms with Gasteiger partial charge < -0.3 is 15.3 Å². The summed E-state index contributed by atoms with van der Waals surface area (Å²) in [7, 11) is 0. The Bertz CT molecular complexity index is 600. The van der Waals surface area contributed by atoms with E-state index in [4.69, 9.17) is 5.11 Å². The van der Waals surface area contributed by atoms with Crippen LogP contribution in [0.5, 0.6) is 0 Å². The zero-order valence-corrected chi connectivity index (χ0v) is 12.1. The molecule has 1 saturated carbocycles. The lowest BCUT2D eigenvalue weighted by atomic mass is 9.88. The van der Waals surface area contributed by atoms with E-state index in [-0.39, 0.29) is 18.0 Å². The molecule has 0 bridgehead atoms. The van der Waals surface area contributed by atoms with Crippen molar-refractivity contribution in [1.29, 1.82) is 0 Å². The fourth-order valence-corrected chi connectivity index (χ4v) is 3.39. The average Bonchev–Trinajstić information content (AvgIpc) is 2.48. The lowest BCUT2D eigenvalue weighted by Gasteiger charge is -2.39. The van der Waals surface area contributed by atoms with Gasteiger partial charge in [0.15, 0.2) is 0 Å². The predicted molar refractivity (Wildman–Crippen MR) is 77.2 cm³/mol. The maximum atomic E-state index is 13.5. The summed E-state index contributed by atoms with van der Waals surface area (Å²) in [5.41, 5.74) is 1.33. The number of carbonyl (C=O) groups is 2. The molecule has 1 fully saturated rings. The summed E-state index contributed by atoms with van der Waals surface area (Å²) in [6.45, 7) is 0. The molecule has 0 saturated heterocycles. The second-order valence-corrected chi connectivity index (χ2v) is 5.84. The van der Waals surface area contributed by atoms with Crippen molar-refractivity contribution in [2.24, 2.45) is 0 Å². The van der Waals surface area contributed by atoms with Crippen LogP contribution in [0.1, 0.15) is 37.8 Å². The van der Waals surface area contributed by atoms with Crippen LogP contribution in [0.3, 0.4) is 0 Å². The third-order valence-electron chi connectivity index (χ3n) is 4.41. The minimum atomic E-state index is -1.02. The molecule has 0 atom stereocenters. The molecule has 0 unspecified atom stereocenters. The van der Waals surface area contributed by atoms with Crippen molar-refractivity contribution in [2.45, 2.75) is 50.6 Å². The Kier molecular flexibility index (Phi) is 3.96. The Balaban J connectivity index is 1.77. The fourth-order valence-electron chi connectivity index (χ4n) is 3.39. The highest BCUT2D eigenvalue weighted by Crippen LogP contribution is 2.33. The van der Waals surface area contributed by atoms with E-state index in [2.05, 4.69) is 10.3 Å². The Morgan fingerprint density at radius 3 is 2.73 bits per heavy atom. The molecule has 7 heteroatoms. The zero-order chi connectivity index (χ0) is 15.7. The molecule has 0 spiro atoms. The largest absolute Gasteiger partial charge is 0.465 e. The summed E-state index contributed by atoms with van der Waals surface area (Å²) in [5.74, 6) is -0.450. The summed E-state index contributed by atoms with van der Waals surface area (Å²) in [5, 5.41) is 11.2. The van der Waals surface area contributed by atoms with Gasteiger partial charge in [-0.2, -0.15) is 0 Å². The number of fused-ring (bicyclic) bond motifs is 1. The van der Waals surface area contributed by atoms with Crippen LogP contribution in [0.4, 0.5) is 14.9 Å². The van der Waals surface area contributed by atoms with Gasteiger partial charge in [0.2, 0.25) is 5.91 Å². The number of pyridine rings is 1. The summed E-state index contributed by atoms with van der Waals surface area (Å²) in [6.07, 6.45) is 3.85. The first-order chi connectivity index (χ1) is 10.5. The molecule has 3 rings (SSSR count). The van der Waals surface area contributed by atoms with Crippen LogP contribution in [-0.2, 0) is 11.2 Å². The van der Waals surface area contributed by atoms with Crippen molar-refractivity contribution >= 4 is 17.7 Å². The molecule has 2 aliphatic rings. The Morgan fingerprint density at radius 1 is 1.32 bits per heavy atom. The van der Waals surface area contributed by atoms with Gasteiger partial charge in [-0.1, -0.05) is 0 Å². The van der Waals surface area contributed by atoms with Crippen molar-refractivity contribution in [3.8, 4) is 0 Å². The van der Waals surface area contributed by atoms with Crippen LogP contribution in [0, 0.1) is 5.82 Å². The standard InChI is InChI=1S/C15H18FN3O3/c16-9-7-13-12(17-8-9)5-6-14(20)19(13)11-3-1-10(2-4-11)18-15(21)22/h7-8,10-11,18H,1-6H2,(H,21,22)/t10-,11-. The normalized spacial score (nSPS) is 24.8. The van der Waals surface area contributed by atoms with Gasteiger partial charge in [-0.25, -0.2) is 9.18 Å². The van der Waals surface area contributed by atoms with Crippen molar-refractivity contribution in [2.75, 3.05) is 4.90 Å². The lowest BCUT2D eigenvalue weighted by Crippen LogP contribution is -2.48. The van der Waals surface area contributed by atoms with Crippen molar-refractivity contribution in [1.82, 2.24) is 10.3 Å². The van der Waals surface area contributed by atoms with Gasteiger partial charge in [0.25, 0.3) is 0 Å². The second-order valence-electron chi connectivity index (χ2n) is 5.84. The minimum Gasteiger partial charge on any atom is -0.465 e. The molecule has 1 aliphatic heterocycles. The summed E-state index contributed by atoms with van der Waals surface area (Å²) in [4.78, 5) is 28.7. The van der Waals surface area contributed by atoms with E-state index < -0.39 is 11.9 Å². The monoisotopic (exact) mass is 307 g/mol. The molecular formula is C15H18FN3O3. The molecule has 6 nitrogen and oxygen atoms in total. The van der Waals surface area contributed by atoms with E-state index in [0.717, 1.165) is 5.69 Å². The van der Waals surface area contributed by atoms with Crippen molar-refractivity contribution < 1.29 is 19.1 Å². The Labute approximate surface area is 127 Å². The number of nitrogens with zero attached hydrogens (tertiary/aromatic N) is 2. The molecule has 2 N–H and O–H groups in total. The van der Waals surface area contributed by atoms with Crippen LogP contribution in [0.15, 0.2) is 12.3 Å². The molecule has 22 heavy (non-hydrogen) atoms. The van der Waals surface area contributed by atoms with E-state index in [1.54, 1.807) is 4.90 Å². The van der Waals surface area contributed by atoms with E-state index in [1.807, 2.05) is 0 Å². The predicted octanol–water partition coefficient (Wildman–Crippen LogP) is 2.08. The van der Waals surface area contributed by atoms with E-state index in [1.165, 1.54) is 12.3 Å². The van der Waals surface area contributed by atoms with Gasteiger partial charge in [0.1, 0.15) is 5.82 Å². The minimum absolute atomic E-state index is 0.00505. The average molecular weight is 307 g/mol. The zero-order valence-electron chi connectivity index (χ0n) is 12.1. The number of carbonyl (C=O) groups excluding carboxylic acids is 1. The topological polar surface area (TPSA) is 82.5 Å². The number of amides is 2. The highest BCUT2D eigenvalue weighted by Gasteiger charge is 2.34. The van der Waals surface area contributed by atoms with Gasteiger partial charge in [-0.3, -0.25) is 9.78 Å². The van der Waals surface area contributed by atoms with Crippen LogP contribution in [0.2, 0.25) is 0 Å². The van der Waals surface area contributed by atoms with E-state index >= 15 is 0 Å². The number of nitrogens with one attached hydrogen (secondary N) is 1. The number of hydrogen-bond donors (Lipinski definition) is 2. The third-order valence-corrected chi connectivity index (χ3v) is 4.41. The first kappa shape index (κ1) is 14.7. The molecule has 0 radical (unpaired) electrons. The number of rotatable bonds is 2. The van der Waals surface area contributed by atoms with E-state index in [0.29, 0.717) is 44.2 Å². The molecule has 2 amide bonds. The number of halogens is 1. The highest BCUT2D eigenvalue weighted by atomic mass is 19.1. The molecule has 1 aromatic heterocycles. The Morgan fingerprint density at radius 2 is 2.05 bits per heavy atom.